The fourth-order valence-corrected chi connectivity index (χ4v) is 2.17. The van der Waals surface area contributed by atoms with Crippen LogP contribution in [0.3, 0.4) is 0 Å². The fraction of sp³-hybridized carbons (Fsp3) is 0.533. The quantitative estimate of drug-likeness (QED) is 0.279. The lowest BCUT2D eigenvalue weighted by Gasteiger charge is -2.31. The van der Waals surface area contributed by atoms with Crippen molar-refractivity contribution in [1.82, 2.24) is 5.32 Å². The van der Waals surface area contributed by atoms with Crippen molar-refractivity contribution < 1.29 is 14.7 Å². The molecule has 1 rings (SSSR count). The average Bonchev–Trinajstić information content (AvgIpc) is 2.42. The summed E-state index contributed by atoms with van der Waals surface area (Å²) in [6.07, 6.45) is 0.588. The summed E-state index contributed by atoms with van der Waals surface area (Å²) in [5.74, 6) is -0.756. The van der Waals surface area contributed by atoms with Crippen molar-refractivity contribution in [2.24, 2.45) is 16.3 Å². The van der Waals surface area contributed by atoms with Gasteiger partial charge in [0.15, 0.2) is 5.84 Å². The first-order valence-corrected chi connectivity index (χ1v) is 6.90. The van der Waals surface area contributed by atoms with Gasteiger partial charge in [0.05, 0.1) is 5.56 Å². The minimum absolute atomic E-state index is 0.0504. The van der Waals surface area contributed by atoms with E-state index in [1.165, 1.54) is 6.07 Å². The molecule has 0 fully saturated rings. The second-order valence-electron chi connectivity index (χ2n) is 6.08. The van der Waals surface area contributed by atoms with Gasteiger partial charge in [0.1, 0.15) is 5.82 Å². The smallest absolute Gasteiger partial charge is 0.173 e. The molecule has 5 nitrogen and oxygen atoms in total. The van der Waals surface area contributed by atoms with Gasteiger partial charge in [0.25, 0.3) is 0 Å². The van der Waals surface area contributed by atoms with Crippen molar-refractivity contribution in [3.8, 4) is 0 Å². The van der Waals surface area contributed by atoms with Crippen LogP contribution in [-0.2, 0) is 6.54 Å². The molecule has 0 radical (unpaired) electrons. The zero-order valence-corrected chi connectivity index (χ0v) is 12.7. The van der Waals surface area contributed by atoms with E-state index in [9.17, 15) is 4.39 Å². The Hall–Kier alpha value is -1.66. The number of halogens is 1. The predicted octanol–water partition coefficient (Wildman–Crippen LogP) is 1.81. The van der Waals surface area contributed by atoms with E-state index in [-0.39, 0.29) is 29.5 Å². The largest absolute Gasteiger partial charge is 0.409 e. The van der Waals surface area contributed by atoms with E-state index in [0.29, 0.717) is 18.5 Å². The molecule has 0 heterocycles. The lowest BCUT2D eigenvalue weighted by atomic mass is 9.85. The Morgan fingerprint density at radius 1 is 1.43 bits per heavy atom. The maximum absolute atomic E-state index is 14.3. The average molecular weight is 297 g/mol. The molecule has 0 saturated heterocycles. The van der Waals surface area contributed by atoms with Crippen LogP contribution in [0.15, 0.2) is 23.4 Å². The van der Waals surface area contributed by atoms with Gasteiger partial charge in [-0.3, -0.25) is 0 Å². The summed E-state index contributed by atoms with van der Waals surface area (Å²) in [6.45, 7) is 6.55. The lowest BCUT2D eigenvalue weighted by molar-refractivity contribution is 0.196. The van der Waals surface area contributed by atoms with Gasteiger partial charge in [0, 0.05) is 24.8 Å². The molecular formula is C15H24FN3O2. The minimum Gasteiger partial charge on any atom is -0.409 e. The first kappa shape index (κ1) is 17.4. The van der Waals surface area contributed by atoms with Crippen molar-refractivity contribution >= 4 is 5.84 Å². The summed E-state index contributed by atoms with van der Waals surface area (Å²) in [4.78, 5) is 0. The van der Waals surface area contributed by atoms with E-state index in [1.807, 2.05) is 0 Å². The Balaban J connectivity index is 2.89. The number of nitrogens with one attached hydrogen (secondary N) is 1. The molecule has 0 aliphatic heterocycles. The first-order chi connectivity index (χ1) is 9.81. The molecule has 1 atom stereocenters. The number of hydrogen-bond acceptors (Lipinski definition) is 4. The third kappa shape index (κ3) is 4.68. The van der Waals surface area contributed by atoms with Crippen LogP contribution in [0, 0.1) is 11.2 Å². The molecule has 0 amide bonds. The van der Waals surface area contributed by atoms with Gasteiger partial charge < -0.3 is 21.4 Å². The first-order valence-electron chi connectivity index (χ1n) is 6.90. The second-order valence-corrected chi connectivity index (χ2v) is 6.08. The highest BCUT2D eigenvalue weighted by molar-refractivity contribution is 5.97. The number of oxime groups is 1. The molecule has 0 saturated carbocycles. The Kier molecular flexibility index (Phi) is 6.11. The van der Waals surface area contributed by atoms with Gasteiger partial charge in [-0.05, 0) is 17.9 Å². The number of nitrogens with zero attached hydrogens (tertiary/aromatic N) is 1. The zero-order chi connectivity index (χ0) is 16.0. The number of rotatable bonds is 6. The van der Waals surface area contributed by atoms with E-state index < -0.39 is 5.82 Å². The van der Waals surface area contributed by atoms with Crippen LogP contribution in [0.4, 0.5) is 4.39 Å². The highest BCUT2D eigenvalue weighted by Crippen LogP contribution is 2.22. The number of aliphatic hydroxyl groups excluding tert-OH is 1. The summed E-state index contributed by atoms with van der Waals surface area (Å²) >= 11 is 0. The van der Waals surface area contributed by atoms with Crippen molar-refractivity contribution in [3.63, 3.8) is 0 Å². The number of hydrogen-bond donors (Lipinski definition) is 4. The Labute approximate surface area is 124 Å². The Bertz CT molecular complexity index is 498. The van der Waals surface area contributed by atoms with Crippen LogP contribution < -0.4 is 11.1 Å². The van der Waals surface area contributed by atoms with Crippen molar-refractivity contribution in [1.29, 1.82) is 0 Å². The summed E-state index contributed by atoms with van der Waals surface area (Å²) in [5.41, 5.74) is 5.90. The topological polar surface area (TPSA) is 90.9 Å². The molecule has 0 aliphatic rings. The third-order valence-electron chi connectivity index (χ3n) is 3.46. The Morgan fingerprint density at radius 3 is 2.62 bits per heavy atom. The standard InChI is InChI=1S/C15H24FN3O2/c1-15(2,3)12(7-8-20)18-9-10-5-4-6-11(13(10)16)14(17)19-21/h4-6,12,18,20-21H,7-9H2,1-3H3,(H2,17,19). The molecule has 6 heteroatoms. The van der Waals surface area contributed by atoms with Gasteiger partial charge >= 0.3 is 0 Å². The highest BCUT2D eigenvalue weighted by Gasteiger charge is 2.24. The van der Waals surface area contributed by atoms with Crippen LogP contribution in [0.25, 0.3) is 0 Å². The molecule has 0 bridgehead atoms. The molecule has 5 N–H and O–H groups in total. The van der Waals surface area contributed by atoms with E-state index in [1.54, 1.807) is 12.1 Å². The molecule has 1 aromatic carbocycles. The van der Waals surface area contributed by atoms with Gasteiger partial charge in [0.2, 0.25) is 0 Å². The van der Waals surface area contributed by atoms with E-state index in [0.717, 1.165) is 0 Å². The van der Waals surface area contributed by atoms with E-state index >= 15 is 0 Å². The molecule has 0 aromatic heterocycles. The van der Waals surface area contributed by atoms with Gasteiger partial charge in [-0.2, -0.15) is 0 Å². The minimum atomic E-state index is -0.503. The Morgan fingerprint density at radius 2 is 2.10 bits per heavy atom. The zero-order valence-electron chi connectivity index (χ0n) is 12.7. The van der Waals surface area contributed by atoms with Crippen molar-refractivity contribution in [2.45, 2.75) is 39.8 Å². The second kappa shape index (κ2) is 7.38. The predicted molar refractivity (Wildman–Crippen MR) is 80.7 cm³/mol. The van der Waals surface area contributed by atoms with Crippen molar-refractivity contribution in [2.75, 3.05) is 6.61 Å². The van der Waals surface area contributed by atoms with Gasteiger partial charge in [-0.25, -0.2) is 4.39 Å². The van der Waals surface area contributed by atoms with Crippen LogP contribution in [-0.4, -0.2) is 28.8 Å². The molecule has 1 unspecified atom stereocenters. The normalized spacial score (nSPS) is 14.2. The summed E-state index contributed by atoms with van der Waals surface area (Å²) in [7, 11) is 0. The summed E-state index contributed by atoms with van der Waals surface area (Å²) < 4.78 is 14.3. The van der Waals surface area contributed by atoms with Crippen LogP contribution >= 0.6 is 0 Å². The monoisotopic (exact) mass is 297 g/mol. The maximum atomic E-state index is 14.3. The van der Waals surface area contributed by atoms with Crippen LogP contribution in [0.5, 0.6) is 0 Å². The van der Waals surface area contributed by atoms with Crippen LogP contribution in [0.1, 0.15) is 38.3 Å². The summed E-state index contributed by atoms with van der Waals surface area (Å²) in [5, 5.41) is 23.9. The molecule has 0 aliphatic carbocycles. The SMILES string of the molecule is CC(C)(C)C(CCO)NCc1cccc(/C(N)=N/O)c1F. The lowest BCUT2D eigenvalue weighted by Crippen LogP contribution is -2.40. The fourth-order valence-electron chi connectivity index (χ4n) is 2.17. The van der Waals surface area contributed by atoms with Crippen molar-refractivity contribution in [3.05, 3.63) is 35.1 Å². The maximum Gasteiger partial charge on any atom is 0.173 e. The number of amidine groups is 1. The van der Waals surface area contributed by atoms with Gasteiger partial charge in [-0.1, -0.05) is 38.1 Å². The van der Waals surface area contributed by atoms with Gasteiger partial charge in [-0.15, -0.1) is 0 Å². The highest BCUT2D eigenvalue weighted by atomic mass is 19.1. The molecular weight excluding hydrogens is 273 g/mol. The number of aliphatic hydroxyl groups is 1. The molecule has 1 aromatic rings. The number of nitrogens with two attached hydrogens (primary N) is 1. The van der Waals surface area contributed by atoms with Crippen LogP contribution in [0.2, 0.25) is 0 Å². The van der Waals surface area contributed by atoms with E-state index in [4.69, 9.17) is 16.0 Å². The summed E-state index contributed by atoms with van der Waals surface area (Å²) in [6, 6.07) is 4.82. The molecule has 118 valence electrons. The van der Waals surface area contributed by atoms with E-state index in [2.05, 4.69) is 31.2 Å². The number of benzene rings is 1. The molecule has 0 spiro atoms. The third-order valence-corrected chi connectivity index (χ3v) is 3.46. The molecule has 21 heavy (non-hydrogen) atoms.